The van der Waals surface area contributed by atoms with E-state index in [1.165, 1.54) is 11.1 Å². The van der Waals surface area contributed by atoms with Crippen LogP contribution in [0.15, 0.2) is 83.3 Å². The summed E-state index contributed by atoms with van der Waals surface area (Å²) in [5.41, 5.74) is 7.90. The number of aromatic nitrogens is 2. The molecule has 0 fully saturated rings. The van der Waals surface area contributed by atoms with E-state index in [4.69, 9.17) is 9.97 Å². The smallest absolute Gasteiger partial charge is 0.160 e. The zero-order valence-corrected chi connectivity index (χ0v) is 21.9. The van der Waals surface area contributed by atoms with E-state index in [2.05, 4.69) is 124 Å². The Bertz CT molecular complexity index is 1170. The average molecular weight is 499 g/mol. The van der Waals surface area contributed by atoms with Crippen molar-refractivity contribution in [3.05, 3.63) is 94.5 Å². The lowest BCUT2D eigenvalue weighted by molar-refractivity contribution is 0.590. The predicted molar refractivity (Wildman–Crippen MR) is 143 cm³/mol. The van der Waals surface area contributed by atoms with E-state index in [0.717, 1.165) is 38.4 Å². The van der Waals surface area contributed by atoms with Crippen molar-refractivity contribution in [2.45, 2.75) is 52.4 Å². The molecule has 0 radical (unpaired) electrons. The average Bonchev–Trinajstić information content (AvgIpc) is 2.78. The molecule has 3 heteroatoms. The van der Waals surface area contributed by atoms with Crippen molar-refractivity contribution >= 4 is 15.9 Å². The second kappa shape index (κ2) is 8.87. The lowest BCUT2D eigenvalue weighted by Gasteiger charge is -2.19. The van der Waals surface area contributed by atoms with Crippen LogP contribution in [0.3, 0.4) is 0 Å². The van der Waals surface area contributed by atoms with E-state index in [1.807, 2.05) is 12.1 Å². The number of halogens is 1. The molecule has 1 heterocycles. The molecule has 0 unspecified atom stereocenters. The van der Waals surface area contributed by atoms with Gasteiger partial charge in [0.2, 0.25) is 0 Å². The van der Waals surface area contributed by atoms with Gasteiger partial charge in [0.25, 0.3) is 0 Å². The zero-order valence-electron chi connectivity index (χ0n) is 20.3. The van der Waals surface area contributed by atoms with E-state index >= 15 is 0 Å². The molecule has 0 atom stereocenters. The summed E-state index contributed by atoms with van der Waals surface area (Å²) < 4.78 is 1.04. The van der Waals surface area contributed by atoms with Crippen LogP contribution in [-0.2, 0) is 10.8 Å². The van der Waals surface area contributed by atoms with Gasteiger partial charge in [0.15, 0.2) is 5.82 Å². The molecule has 0 N–H and O–H groups in total. The molecule has 0 amide bonds. The first-order valence-corrected chi connectivity index (χ1v) is 12.2. The first-order chi connectivity index (χ1) is 15.5. The molecule has 0 bridgehead atoms. The van der Waals surface area contributed by atoms with Crippen molar-refractivity contribution < 1.29 is 0 Å². The molecule has 0 aliphatic rings. The standard InChI is InChI=1S/C30H31BrN2/c1-29(2,3)23-13-7-20(8-14-23)26-19-27(21-9-15-24(16-10-21)30(4,5)6)33-28(32-26)22-11-17-25(31)18-12-22/h7-19H,1-6H3. The summed E-state index contributed by atoms with van der Waals surface area (Å²) in [6.45, 7) is 13.4. The summed E-state index contributed by atoms with van der Waals surface area (Å²) in [6.07, 6.45) is 0. The third-order valence-corrected chi connectivity index (χ3v) is 6.45. The summed E-state index contributed by atoms with van der Waals surface area (Å²) in [4.78, 5) is 9.90. The highest BCUT2D eigenvalue weighted by atomic mass is 79.9. The van der Waals surface area contributed by atoms with Crippen LogP contribution in [-0.4, -0.2) is 9.97 Å². The van der Waals surface area contributed by atoms with E-state index in [1.54, 1.807) is 0 Å². The third-order valence-electron chi connectivity index (χ3n) is 5.92. The molecule has 4 rings (SSSR count). The largest absolute Gasteiger partial charge is 0.228 e. The van der Waals surface area contributed by atoms with Crippen LogP contribution in [0, 0.1) is 0 Å². The number of rotatable bonds is 3. The maximum Gasteiger partial charge on any atom is 0.160 e. The lowest BCUT2D eigenvalue weighted by Crippen LogP contribution is -2.10. The van der Waals surface area contributed by atoms with Gasteiger partial charge in [-0.1, -0.05) is 118 Å². The van der Waals surface area contributed by atoms with Gasteiger partial charge in [-0.25, -0.2) is 9.97 Å². The quantitative estimate of drug-likeness (QED) is 0.281. The summed E-state index contributed by atoms with van der Waals surface area (Å²) in [5, 5.41) is 0. The van der Waals surface area contributed by atoms with Crippen molar-refractivity contribution in [3.63, 3.8) is 0 Å². The Labute approximate surface area is 206 Å². The van der Waals surface area contributed by atoms with Crippen LogP contribution in [0.4, 0.5) is 0 Å². The van der Waals surface area contributed by atoms with Crippen LogP contribution in [0.2, 0.25) is 0 Å². The molecule has 0 aliphatic heterocycles. The Balaban J connectivity index is 1.83. The highest BCUT2D eigenvalue weighted by Gasteiger charge is 2.16. The van der Waals surface area contributed by atoms with Crippen molar-refractivity contribution in [1.29, 1.82) is 0 Å². The van der Waals surface area contributed by atoms with Crippen molar-refractivity contribution in [1.82, 2.24) is 9.97 Å². The predicted octanol–water partition coefficient (Wildman–Crippen LogP) is 8.84. The van der Waals surface area contributed by atoms with Gasteiger partial charge in [-0.15, -0.1) is 0 Å². The second-order valence-electron chi connectivity index (χ2n) is 10.6. The maximum absolute atomic E-state index is 4.95. The summed E-state index contributed by atoms with van der Waals surface area (Å²) in [7, 11) is 0. The Morgan fingerprint density at radius 2 is 0.879 bits per heavy atom. The summed E-state index contributed by atoms with van der Waals surface area (Å²) >= 11 is 3.52. The number of benzene rings is 3. The van der Waals surface area contributed by atoms with Crippen molar-refractivity contribution in [2.75, 3.05) is 0 Å². The molecular formula is C30H31BrN2. The molecular weight excluding hydrogens is 468 g/mol. The van der Waals surface area contributed by atoms with Crippen LogP contribution in [0.1, 0.15) is 52.7 Å². The van der Waals surface area contributed by atoms with Gasteiger partial charge >= 0.3 is 0 Å². The fourth-order valence-electron chi connectivity index (χ4n) is 3.75. The molecule has 1 aromatic heterocycles. The Morgan fingerprint density at radius 1 is 0.515 bits per heavy atom. The fraction of sp³-hybridized carbons (Fsp3) is 0.267. The number of hydrogen-bond donors (Lipinski definition) is 0. The molecule has 33 heavy (non-hydrogen) atoms. The lowest BCUT2D eigenvalue weighted by atomic mass is 9.86. The molecule has 3 aromatic carbocycles. The highest BCUT2D eigenvalue weighted by molar-refractivity contribution is 9.10. The van der Waals surface area contributed by atoms with Gasteiger partial charge < -0.3 is 0 Å². The summed E-state index contributed by atoms with van der Waals surface area (Å²) in [5.74, 6) is 0.731. The molecule has 0 saturated carbocycles. The van der Waals surface area contributed by atoms with Crippen LogP contribution < -0.4 is 0 Å². The summed E-state index contributed by atoms with van der Waals surface area (Å²) in [6, 6.07) is 27.7. The molecule has 2 nitrogen and oxygen atoms in total. The minimum absolute atomic E-state index is 0.118. The normalized spacial score (nSPS) is 12.1. The Morgan fingerprint density at radius 3 is 1.24 bits per heavy atom. The van der Waals surface area contributed by atoms with Gasteiger partial charge in [-0.05, 0) is 40.2 Å². The molecule has 0 aliphatic carbocycles. The van der Waals surface area contributed by atoms with Crippen molar-refractivity contribution in [2.24, 2.45) is 0 Å². The third kappa shape index (κ3) is 5.42. The number of nitrogens with zero attached hydrogens (tertiary/aromatic N) is 2. The topological polar surface area (TPSA) is 25.8 Å². The van der Waals surface area contributed by atoms with Gasteiger partial charge in [-0.3, -0.25) is 0 Å². The minimum Gasteiger partial charge on any atom is -0.228 e. The molecule has 168 valence electrons. The van der Waals surface area contributed by atoms with E-state index < -0.39 is 0 Å². The van der Waals surface area contributed by atoms with Crippen LogP contribution in [0.25, 0.3) is 33.9 Å². The van der Waals surface area contributed by atoms with Gasteiger partial charge in [0.1, 0.15) is 0 Å². The van der Waals surface area contributed by atoms with Crippen LogP contribution in [0.5, 0.6) is 0 Å². The fourth-order valence-corrected chi connectivity index (χ4v) is 4.02. The second-order valence-corrected chi connectivity index (χ2v) is 11.5. The number of hydrogen-bond acceptors (Lipinski definition) is 2. The molecule has 0 spiro atoms. The van der Waals surface area contributed by atoms with Crippen LogP contribution >= 0.6 is 15.9 Å². The van der Waals surface area contributed by atoms with Gasteiger partial charge in [0.05, 0.1) is 11.4 Å². The first-order valence-electron chi connectivity index (χ1n) is 11.4. The highest BCUT2D eigenvalue weighted by Crippen LogP contribution is 2.31. The maximum atomic E-state index is 4.95. The van der Waals surface area contributed by atoms with E-state index in [-0.39, 0.29) is 10.8 Å². The van der Waals surface area contributed by atoms with E-state index in [0.29, 0.717) is 0 Å². The van der Waals surface area contributed by atoms with Gasteiger partial charge in [-0.2, -0.15) is 0 Å². The first kappa shape index (κ1) is 23.4. The SMILES string of the molecule is CC(C)(C)c1ccc(-c2cc(-c3ccc(C(C)(C)C)cc3)nc(-c3ccc(Br)cc3)n2)cc1. The molecule has 0 saturated heterocycles. The zero-order chi connectivity index (χ0) is 23.8. The van der Waals surface area contributed by atoms with E-state index in [9.17, 15) is 0 Å². The minimum atomic E-state index is 0.118. The van der Waals surface area contributed by atoms with Gasteiger partial charge in [0, 0.05) is 21.2 Å². The Kier molecular flexibility index (Phi) is 6.28. The Hall–Kier alpha value is -2.78. The van der Waals surface area contributed by atoms with Crippen molar-refractivity contribution in [3.8, 4) is 33.9 Å². The monoisotopic (exact) mass is 498 g/mol. The molecule has 4 aromatic rings.